The van der Waals surface area contributed by atoms with Crippen LogP contribution in [-0.4, -0.2) is 32.8 Å². The lowest BCUT2D eigenvalue weighted by atomic mass is 10.1. The summed E-state index contributed by atoms with van der Waals surface area (Å²) in [6.07, 6.45) is 5.33. The van der Waals surface area contributed by atoms with Crippen LogP contribution in [0.25, 0.3) is 10.8 Å². The van der Waals surface area contributed by atoms with Crippen LogP contribution in [0.3, 0.4) is 0 Å². The number of benzene rings is 1. The van der Waals surface area contributed by atoms with Gasteiger partial charge in [0.15, 0.2) is 10.8 Å². The van der Waals surface area contributed by atoms with Crippen LogP contribution in [0.4, 0.5) is 5.69 Å². The molecule has 0 saturated heterocycles. The number of nitrogens with zero attached hydrogens (tertiary/aromatic N) is 3. The van der Waals surface area contributed by atoms with Crippen molar-refractivity contribution in [1.82, 2.24) is 20.3 Å². The molecule has 28 heavy (non-hydrogen) atoms. The van der Waals surface area contributed by atoms with E-state index in [-0.39, 0.29) is 17.9 Å². The smallest absolute Gasteiger partial charge is 0.267 e. The SMILES string of the molecule is Cc1ccc(C(=O)NC2CC2)cc1NC(=O)c1sc(-c2ncccn2)nc1C. The van der Waals surface area contributed by atoms with Crippen LogP contribution in [0.1, 0.15) is 44.1 Å². The Bertz CT molecular complexity index is 1040. The Kier molecular flexibility index (Phi) is 4.87. The molecule has 1 aliphatic carbocycles. The lowest BCUT2D eigenvalue weighted by Crippen LogP contribution is -2.25. The summed E-state index contributed by atoms with van der Waals surface area (Å²) < 4.78 is 0. The lowest BCUT2D eigenvalue weighted by Gasteiger charge is -2.10. The van der Waals surface area contributed by atoms with E-state index in [0.29, 0.717) is 32.7 Å². The normalized spacial score (nSPS) is 13.2. The highest BCUT2D eigenvalue weighted by atomic mass is 32.1. The standard InChI is InChI=1S/C20H19N5O2S/c1-11-4-5-13(18(26)24-14-6-7-14)10-15(11)25-19(27)16-12(2)23-20(28-16)17-21-8-3-9-22-17/h3-5,8-10,14H,6-7H2,1-2H3,(H,24,26)(H,25,27). The molecule has 3 aromatic rings. The Balaban J connectivity index is 1.55. The molecule has 2 aromatic heterocycles. The quantitative estimate of drug-likeness (QED) is 0.693. The monoisotopic (exact) mass is 393 g/mol. The lowest BCUT2D eigenvalue weighted by molar-refractivity contribution is 0.0949. The van der Waals surface area contributed by atoms with Crippen molar-refractivity contribution in [3.8, 4) is 10.8 Å². The first-order valence-electron chi connectivity index (χ1n) is 8.99. The molecule has 0 atom stereocenters. The summed E-state index contributed by atoms with van der Waals surface area (Å²) >= 11 is 1.25. The van der Waals surface area contributed by atoms with Gasteiger partial charge in [0.1, 0.15) is 4.88 Å². The largest absolute Gasteiger partial charge is 0.349 e. The maximum atomic E-state index is 12.8. The summed E-state index contributed by atoms with van der Waals surface area (Å²) in [5, 5.41) is 6.46. The van der Waals surface area contributed by atoms with Crippen LogP contribution in [0, 0.1) is 13.8 Å². The van der Waals surface area contributed by atoms with Crippen LogP contribution in [0.2, 0.25) is 0 Å². The average Bonchev–Trinajstić information content (AvgIpc) is 3.42. The van der Waals surface area contributed by atoms with Crippen molar-refractivity contribution < 1.29 is 9.59 Å². The first kappa shape index (κ1) is 18.2. The number of hydrogen-bond donors (Lipinski definition) is 2. The van der Waals surface area contributed by atoms with Crippen molar-refractivity contribution in [2.75, 3.05) is 5.32 Å². The van der Waals surface area contributed by atoms with E-state index in [1.54, 1.807) is 37.5 Å². The fraction of sp³-hybridized carbons (Fsp3) is 0.250. The van der Waals surface area contributed by atoms with E-state index in [4.69, 9.17) is 0 Å². The van der Waals surface area contributed by atoms with Gasteiger partial charge in [-0.25, -0.2) is 15.0 Å². The Morgan fingerprint density at radius 1 is 1.11 bits per heavy atom. The third kappa shape index (κ3) is 3.91. The maximum Gasteiger partial charge on any atom is 0.267 e. The molecule has 0 spiro atoms. The maximum absolute atomic E-state index is 12.8. The summed E-state index contributed by atoms with van der Waals surface area (Å²) in [7, 11) is 0. The number of hydrogen-bond acceptors (Lipinski definition) is 6. The number of carbonyl (C=O) groups excluding carboxylic acids is 2. The van der Waals surface area contributed by atoms with Crippen LogP contribution in [0.5, 0.6) is 0 Å². The van der Waals surface area contributed by atoms with Gasteiger partial charge in [-0.05, 0) is 50.5 Å². The molecule has 0 aliphatic heterocycles. The molecule has 0 radical (unpaired) electrons. The minimum absolute atomic E-state index is 0.115. The predicted octanol–water partition coefficient (Wildman–Crippen LogP) is 3.36. The molecular formula is C20H19N5O2S. The molecule has 4 rings (SSSR count). The topological polar surface area (TPSA) is 96.9 Å². The predicted molar refractivity (Wildman–Crippen MR) is 107 cm³/mol. The molecule has 1 aromatic carbocycles. The minimum atomic E-state index is -0.264. The van der Waals surface area contributed by atoms with E-state index in [0.717, 1.165) is 18.4 Å². The number of nitrogens with one attached hydrogen (secondary N) is 2. The third-order valence-electron chi connectivity index (χ3n) is 4.42. The van der Waals surface area contributed by atoms with Gasteiger partial charge in [0.25, 0.3) is 11.8 Å². The molecule has 2 amide bonds. The first-order valence-corrected chi connectivity index (χ1v) is 9.80. The highest BCUT2D eigenvalue weighted by Crippen LogP contribution is 2.27. The van der Waals surface area contributed by atoms with Gasteiger partial charge in [0.05, 0.1) is 5.69 Å². The first-order chi connectivity index (χ1) is 13.5. The van der Waals surface area contributed by atoms with E-state index in [9.17, 15) is 9.59 Å². The van der Waals surface area contributed by atoms with Crippen molar-refractivity contribution in [3.05, 3.63) is 58.4 Å². The van der Waals surface area contributed by atoms with Gasteiger partial charge in [-0.1, -0.05) is 6.07 Å². The highest BCUT2D eigenvalue weighted by Gasteiger charge is 2.24. The van der Waals surface area contributed by atoms with Crippen molar-refractivity contribution >= 4 is 28.8 Å². The van der Waals surface area contributed by atoms with Gasteiger partial charge < -0.3 is 10.6 Å². The molecule has 0 unspecified atom stereocenters. The molecular weight excluding hydrogens is 374 g/mol. The van der Waals surface area contributed by atoms with E-state index in [1.165, 1.54) is 11.3 Å². The Morgan fingerprint density at radius 3 is 2.57 bits per heavy atom. The number of aromatic nitrogens is 3. The Hall–Kier alpha value is -3.13. The molecule has 1 saturated carbocycles. The van der Waals surface area contributed by atoms with Crippen LogP contribution >= 0.6 is 11.3 Å². The second-order valence-corrected chi connectivity index (χ2v) is 7.74. The van der Waals surface area contributed by atoms with Crippen molar-refractivity contribution in [1.29, 1.82) is 0 Å². The fourth-order valence-electron chi connectivity index (χ4n) is 2.69. The number of anilines is 1. The van der Waals surface area contributed by atoms with Gasteiger partial charge in [0.2, 0.25) is 0 Å². The van der Waals surface area contributed by atoms with Crippen LogP contribution < -0.4 is 10.6 Å². The van der Waals surface area contributed by atoms with Gasteiger partial charge in [-0.2, -0.15) is 0 Å². The Morgan fingerprint density at radius 2 is 1.86 bits per heavy atom. The number of amides is 2. The summed E-state index contributed by atoms with van der Waals surface area (Å²) in [6.45, 7) is 3.67. The second-order valence-electron chi connectivity index (χ2n) is 6.74. The van der Waals surface area contributed by atoms with Gasteiger partial charge in [-0.15, -0.1) is 11.3 Å². The van der Waals surface area contributed by atoms with Gasteiger partial charge in [-0.3, -0.25) is 9.59 Å². The van der Waals surface area contributed by atoms with Crippen molar-refractivity contribution in [3.63, 3.8) is 0 Å². The molecule has 1 fully saturated rings. The van der Waals surface area contributed by atoms with E-state index < -0.39 is 0 Å². The minimum Gasteiger partial charge on any atom is -0.349 e. The zero-order valence-corrected chi connectivity index (χ0v) is 16.3. The summed E-state index contributed by atoms with van der Waals surface area (Å²) in [4.78, 5) is 38.4. The van der Waals surface area contributed by atoms with E-state index >= 15 is 0 Å². The number of carbonyl (C=O) groups is 2. The third-order valence-corrected chi connectivity index (χ3v) is 5.57. The van der Waals surface area contributed by atoms with Crippen molar-refractivity contribution in [2.24, 2.45) is 0 Å². The molecule has 2 heterocycles. The zero-order chi connectivity index (χ0) is 19.7. The van der Waals surface area contributed by atoms with E-state index in [2.05, 4.69) is 25.6 Å². The number of thiazole rings is 1. The molecule has 0 bridgehead atoms. The van der Waals surface area contributed by atoms with Gasteiger partial charge >= 0.3 is 0 Å². The molecule has 8 heteroatoms. The highest BCUT2D eigenvalue weighted by molar-refractivity contribution is 7.17. The summed E-state index contributed by atoms with van der Waals surface area (Å²) in [5.41, 5.74) is 2.64. The summed E-state index contributed by atoms with van der Waals surface area (Å²) in [5.74, 6) is 0.111. The molecule has 1 aliphatic rings. The van der Waals surface area contributed by atoms with Gasteiger partial charge in [0, 0.05) is 29.7 Å². The van der Waals surface area contributed by atoms with Crippen molar-refractivity contribution in [2.45, 2.75) is 32.7 Å². The zero-order valence-electron chi connectivity index (χ0n) is 15.5. The second kappa shape index (κ2) is 7.47. The molecule has 142 valence electrons. The number of rotatable bonds is 5. The van der Waals surface area contributed by atoms with E-state index in [1.807, 2.05) is 13.0 Å². The van der Waals surface area contributed by atoms with Crippen LogP contribution in [-0.2, 0) is 0 Å². The number of aryl methyl sites for hydroxylation is 2. The summed E-state index contributed by atoms with van der Waals surface area (Å²) in [6, 6.07) is 7.33. The molecule has 2 N–H and O–H groups in total. The average molecular weight is 393 g/mol. The van der Waals surface area contributed by atoms with Crippen LogP contribution in [0.15, 0.2) is 36.7 Å². The Labute approximate surface area is 166 Å². The molecule has 7 nitrogen and oxygen atoms in total. The fourth-order valence-corrected chi connectivity index (χ4v) is 3.60.